The third-order valence-electron chi connectivity index (χ3n) is 3.58. The van der Waals surface area contributed by atoms with E-state index in [4.69, 9.17) is 0 Å². The van der Waals surface area contributed by atoms with Gasteiger partial charge < -0.3 is 37.9 Å². The molecule has 0 saturated carbocycles. The first-order chi connectivity index (χ1) is 12.7. The molecule has 0 atom stereocenters. The van der Waals surface area contributed by atoms with Crippen LogP contribution in [0.4, 0.5) is 0 Å². The van der Waals surface area contributed by atoms with E-state index in [-0.39, 0.29) is 21.1 Å². The van der Waals surface area contributed by atoms with E-state index < -0.39 is 5.69 Å². The van der Waals surface area contributed by atoms with E-state index in [0.29, 0.717) is 11.5 Å². The van der Waals surface area contributed by atoms with Crippen molar-refractivity contribution < 1.29 is 41.1 Å². The third kappa shape index (κ3) is 17.7. The molecule has 28 heavy (non-hydrogen) atoms. The zero-order valence-corrected chi connectivity index (χ0v) is 20.8. The fraction of sp³-hybridized carbons (Fsp3) is 0.400. The molecule has 0 aliphatic heterocycles. The number of hydrogen-bond donors (Lipinski definition) is 2. The normalized spacial score (nSPS) is 9.89. The number of rotatable bonds is 6. The van der Waals surface area contributed by atoms with Gasteiger partial charge in [-0.2, -0.15) is 11.8 Å². The average molecular weight is 523 g/mol. The Balaban J connectivity index is 0. The van der Waals surface area contributed by atoms with E-state index in [2.05, 4.69) is 37.9 Å². The van der Waals surface area contributed by atoms with Gasteiger partial charge in [-0.3, -0.25) is 0 Å². The van der Waals surface area contributed by atoms with Gasteiger partial charge in [0.25, 0.3) is 0 Å². The van der Waals surface area contributed by atoms with Gasteiger partial charge in [0, 0.05) is 0 Å². The van der Waals surface area contributed by atoms with Crippen molar-refractivity contribution in [1.82, 2.24) is 0 Å². The molecule has 0 fully saturated rings. The van der Waals surface area contributed by atoms with Crippen molar-refractivity contribution in [3.63, 3.8) is 0 Å². The van der Waals surface area contributed by atoms with Gasteiger partial charge in [-0.05, 0) is 48.9 Å². The Labute approximate surface area is 193 Å². The van der Waals surface area contributed by atoms with Gasteiger partial charge >= 0.3 is 21.1 Å². The molecule has 8 heteroatoms. The maximum atomic E-state index is 9.34. The predicted octanol–water partition coefficient (Wildman–Crippen LogP) is 3.95. The minimum absolute atomic E-state index is 0. The van der Waals surface area contributed by atoms with Crippen molar-refractivity contribution in [2.45, 2.75) is 52.4 Å². The van der Waals surface area contributed by atoms with E-state index in [9.17, 15) is 20.0 Å². The Hall–Kier alpha value is -0.352. The second kappa shape index (κ2) is 17.5. The molecule has 2 aromatic rings. The minimum Gasteiger partial charge on any atom is -0.850 e. The molecule has 0 unspecified atom stereocenters. The molecule has 0 amide bonds. The van der Waals surface area contributed by atoms with E-state index in [1.54, 1.807) is 12.1 Å². The summed E-state index contributed by atoms with van der Waals surface area (Å²) in [6.45, 7) is 4.31. The molecule has 0 aliphatic rings. The van der Waals surface area contributed by atoms with Crippen LogP contribution in [0.25, 0.3) is 0 Å². The average Bonchev–Trinajstić information content (AvgIpc) is 2.60. The minimum atomic E-state index is -3.72. The molecular formula is C20H28MoO4PS2. The standard InChI is InChI=1S/2C10H14O.Mo.H3O2PS2/c2*1-2-3-6-9-7-4-5-8-10(9)11;;1-3(2,4)5/h2*4-5,7-8,11H,2-3,6H2,1H3;;(H3,1,2,4,5)/q;;+3;/p-3. The molecule has 2 rings (SSSR count). The number of phenolic OH excluding ortho intramolecular Hbond substituents is 2. The maximum Gasteiger partial charge on any atom is 3.00 e. The van der Waals surface area contributed by atoms with Crippen molar-refractivity contribution in [3.05, 3.63) is 59.7 Å². The molecule has 0 saturated heterocycles. The monoisotopic (exact) mass is 525 g/mol. The summed E-state index contributed by atoms with van der Waals surface area (Å²) in [6.07, 6.45) is 6.63. The maximum absolute atomic E-state index is 9.34. The van der Waals surface area contributed by atoms with Crippen molar-refractivity contribution in [2.24, 2.45) is 0 Å². The zero-order valence-electron chi connectivity index (χ0n) is 16.2. The van der Waals surface area contributed by atoms with Crippen molar-refractivity contribution in [3.8, 4) is 11.5 Å². The third-order valence-corrected chi connectivity index (χ3v) is 3.58. The Morgan fingerprint density at radius 1 is 0.821 bits per heavy atom. The molecule has 4 nitrogen and oxygen atoms in total. The number of benzene rings is 2. The summed E-state index contributed by atoms with van der Waals surface area (Å²) in [4.78, 5) is 18.6. The summed E-state index contributed by atoms with van der Waals surface area (Å²) in [6, 6.07) is 15.1. The summed E-state index contributed by atoms with van der Waals surface area (Å²) < 4.78 is 0. The van der Waals surface area contributed by atoms with Crippen LogP contribution in [0.3, 0.4) is 0 Å². The molecule has 0 aliphatic carbocycles. The molecule has 2 aromatic carbocycles. The Kier molecular flexibility index (Phi) is 18.7. The summed E-state index contributed by atoms with van der Waals surface area (Å²) in [5, 5.41) is 18.7. The number of aryl methyl sites for hydroxylation is 2. The predicted molar refractivity (Wildman–Crippen MR) is 115 cm³/mol. The molecule has 0 heterocycles. The van der Waals surface area contributed by atoms with Crippen molar-refractivity contribution >= 4 is 29.7 Å². The van der Waals surface area contributed by atoms with Gasteiger partial charge in [0.05, 0.1) is 0 Å². The van der Waals surface area contributed by atoms with E-state index in [0.717, 1.165) is 36.8 Å². The first-order valence-corrected chi connectivity index (χ1v) is 12.6. The van der Waals surface area contributed by atoms with Crippen LogP contribution in [-0.2, 0) is 58.0 Å². The molecule has 1 radical (unpaired) electrons. The Morgan fingerprint density at radius 3 is 1.36 bits per heavy atom. The molecule has 0 aromatic heterocycles. The first-order valence-electron chi connectivity index (χ1n) is 8.95. The van der Waals surface area contributed by atoms with Crippen molar-refractivity contribution in [1.29, 1.82) is 0 Å². The first kappa shape index (κ1) is 29.8. The van der Waals surface area contributed by atoms with Gasteiger partial charge in [-0.1, -0.05) is 63.1 Å². The quantitative estimate of drug-likeness (QED) is 0.339. The summed E-state index contributed by atoms with van der Waals surface area (Å²) in [7, 11) is 0. The van der Waals surface area contributed by atoms with Gasteiger partial charge in [0.15, 0.2) is 0 Å². The Bertz CT molecular complexity index is 638. The van der Waals surface area contributed by atoms with Crippen LogP contribution in [0.1, 0.15) is 50.7 Å². The van der Waals surface area contributed by atoms with Gasteiger partial charge in [-0.15, -0.1) is 0 Å². The van der Waals surface area contributed by atoms with Gasteiger partial charge in [-0.25, -0.2) is 0 Å². The van der Waals surface area contributed by atoms with E-state index in [1.807, 2.05) is 36.4 Å². The Morgan fingerprint density at radius 2 is 1.11 bits per heavy atom. The fourth-order valence-corrected chi connectivity index (χ4v) is 2.18. The van der Waals surface area contributed by atoms with Crippen LogP contribution in [0.15, 0.2) is 48.5 Å². The van der Waals surface area contributed by atoms with Crippen LogP contribution < -0.4 is 9.79 Å². The van der Waals surface area contributed by atoms with Gasteiger partial charge in [0.1, 0.15) is 11.5 Å². The van der Waals surface area contributed by atoms with Crippen LogP contribution in [0, 0.1) is 0 Å². The van der Waals surface area contributed by atoms with E-state index in [1.165, 1.54) is 12.8 Å². The SMILES string of the molecule is CCCCc1ccccc1O.CCCCc1ccccc1O.[Mo+3].[O-]P([O-])(=S)[S-]. The number of phenols is 2. The number of hydrogen-bond acceptors (Lipinski definition) is 6. The van der Waals surface area contributed by atoms with Crippen molar-refractivity contribution in [2.75, 3.05) is 0 Å². The smallest absolute Gasteiger partial charge is 0.850 e. The number of para-hydroxylation sites is 2. The van der Waals surface area contributed by atoms with Crippen LogP contribution in [0.5, 0.6) is 11.5 Å². The second-order valence-corrected chi connectivity index (χ2v) is 10.4. The molecule has 0 bridgehead atoms. The molecular weight excluding hydrogens is 495 g/mol. The van der Waals surface area contributed by atoms with E-state index >= 15 is 0 Å². The van der Waals surface area contributed by atoms with Crippen LogP contribution >= 0.6 is 5.69 Å². The summed E-state index contributed by atoms with van der Waals surface area (Å²) in [5.74, 6) is 0.863. The second-order valence-electron chi connectivity index (χ2n) is 5.91. The molecule has 0 spiro atoms. The van der Waals surface area contributed by atoms with Crippen LogP contribution in [0.2, 0.25) is 0 Å². The molecule has 155 valence electrons. The summed E-state index contributed by atoms with van der Waals surface area (Å²) >= 11 is 7.28. The number of aromatic hydroxyl groups is 2. The zero-order chi connectivity index (χ0) is 20.7. The van der Waals surface area contributed by atoms with Gasteiger partial charge in [0.2, 0.25) is 0 Å². The summed E-state index contributed by atoms with van der Waals surface area (Å²) in [5.41, 5.74) is -1.59. The topological polar surface area (TPSA) is 86.6 Å². The number of unbranched alkanes of at least 4 members (excludes halogenated alkanes) is 2. The van der Waals surface area contributed by atoms with Crippen LogP contribution in [-0.4, -0.2) is 10.2 Å². The molecule has 2 N–H and O–H groups in total. The fourth-order valence-electron chi connectivity index (χ4n) is 2.18. The largest absolute Gasteiger partial charge is 3.00 e.